The number of rotatable bonds is 8. The lowest BCUT2D eigenvalue weighted by Crippen LogP contribution is -2.43. The summed E-state index contributed by atoms with van der Waals surface area (Å²) in [5.74, 6) is -0.583. The molecule has 0 radical (unpaired) electrons. The van der Waals surface area contributed by atoms with Gasteiger partial charge < -0.3 is 20.3 Å². The molecule has 1 fully saturated rings. The van der Waals surface area contributed by atoms with E-state index in [9.17, 15) is 8.78 Å². The molecule has 7 heteroatoms. The molecule has 1 aromatic rings. The molecule has 140 valence electrons. The van der Waals surface area contributed by atoms with Gasteiger partial charge in [-0.3, -0.25) is 4.99 Å². The molecular formula is C18H28F2N4O. The van der Waals surface area contributed by atoms with Crippen molar-refractivity contribution in [2.75, 3.05) is 40.3 Å². The summed E-state index contributed by atoms with van der Waals surface area (Å²) in [5, 5.41) is 6.37. The van der Waals surface area contributed by atoms with Crippen molar-refractivity contribution in [2.45, 2.75) is 31.7 Å². The Morgan fingerprint density at radius 1 is 1.24 bits per heavy atom. The standard InChI is InChI=1S/C18H28F2N4O/c1-21-18(22-9-11-24(2)15-5-3-4-6-15)23-10-12-25-17-8-7-14(19)13-16(17)20/h7-8,13,15H,3-6,9-12H2,1-2H3,(H2,21,22,23). The van der Waals surface area contributed by atoms with Gasteiger partial charge in [-0.25, -0.2) is 8.78 Å². The van der Waals surface area contributed by atoms with Crippen LogP contribution in [0.4, 0.5) is 8.78 Å². The molecule has 1 saturated carbocycles. The van der Waals surface area contributed by atoms with Crippen molar-refractivity contribution in [3.05, 3.63) is 29.8 Å². The van der Waals surface area contributed by atoms with Crippen LogP contribution in [-0.4, -0.2) is 57.2 Å². The minimum absolute atomic E-state index is 0.0457. The average molecular weight is 354 g/mol. The van der Waals surface area contributed by atoms with Crippen molar-refractivity contribution in [2.24, 2.45) is 4.99 Å². The zero-order valence-corrected chi connectivity index (χ0v) is 15.0. The maximum absolute atomic E-state index is 13.4. The first-order valence-corrected chi connectivity index (χ1v) is 8.82. The molecule has 0 bridgehead atoms. The minimum atomic E-state index is -0.697. The van der Waals surface area contributed by atoms with Gasteiger partial charge in [-0.15, -0.1) is 0 Å². The molecule has 0 spiro atoms. The number of guanidine groups is 1. The van der Waals surface area contributed by atoms with E-state index in [-0.39, 0.29) is 12.4 Å². The second kappa shape index (κ2) is 10.2. The van der Waals surface area contributed by atoms with Crippen LogP contribution in [0.15, 0.2) is 23.2 Å². The number of aliphatic imine (C=N–C) groups is 1. The summed E-state index contributed by atoms with van der Waals surface area (Å²) in [4.78, 5) is 6.55. The molecule has 0 aliphatic heterocycles. The summed E-state index contributed by atoms with van der Waals surface area (Å²) in [5.41, 5.74) is 0. The summed E-state index contributed by atoms with van der Waals surface area (Å²) >= 11 is 0. The smallest absolute Gasteiger partial charge is 0.191 e. The highest BCUT2D eigenvalue weighted by atomic mass is 19.1. The maximum atomic E-state index is 13.4. The van der Waals surface area contributed by atoms with Gasteiger partial charge in [0.1, 0.15) is 12.4 Å². The molecule has 0 aromatic heterocycles. The third-order valence-corrected chi connectivity index (χ3v) is 4.47. The van der Waals surface area contributed by atoms with Crippen molar-refractivity contribution in [1.82, 2.24) is 15.5 Å². The van der Waals surface area contributed by atoms with Gasteiger partial charge in [0.05, 0.1) is 6.54 Å². The lowest BCUT2D eigenvalue weighted by Gasteiger charge is -2.24. The van der Waals surface area contributed by atoms with E-state index in [0.29, 0.717) is 18.5 Å². The van der Waals surface area contributed by atoms with E-state index in [4.69, 9.17) is 4.74 Å². The van der Waals surface area contributed by atoms with Crippen LogP contribution in [0, 0.1) is 11.6 Å². The van der Waals surface area contributed by atoms with Gasteiger partial charge in [0.25, 0.3) is 0 Å². The highest BCUT2D eigenvalue weighted by Crippen LogP contribution is 2.21. The first kappa shape index (κ1) is 19.4. The molecule has 0 heterocycles. The van der Waals surface area contributed by atoms with Crippen molar-refractivity contribution < 1.29 is 13.5 Å². The SMILES string of the molecule is CN=C(NCCOc1ccc(F)cc1F)NCCN(C)C1CCCC1. The third kappa shape index (κ3) is 6.49. The first-order valence-electron chi connectivity index (χ1n) is 8.82. The summed E-state index contributed by atoms with van der Waals surface area (Å²) in [6, 6.07) is 3.98. The molecule has 2 N–H and O–H groups in total. The molecule has 25 heavy (non-hydrogen) atoms. The van der Waals surface area contributed by atoms with Crippen LogP contribution in [-0.2, 0) is 0 Å². The van der Waals surface area contributed by atoms with Crippen LogP contribution in [0.1, 0.15) is 25.7 Å². The largest absolute Gasteiger partial charge is 0.489 e. The van der Waals surface area contributed by atoms with Crippen molar-refractivity contribution in [3.63, 3.8) is 0 Å². The predicted molar refractivity (Wildman–Crippen MR) is 96.1 cm³/mol. The van der Waals surface area contributed by atoms with E-state index in [1.54, 1.807) is 7.05 Å². The number of hydrogen-bond donors (Lipinski definition) is 2. The Morgan fingerprint density at radius 3 is 2.64 bits per heavy atom. The number of nitrogens with one attached hydrogen (secondary N) is 2. The molecular weight excluding hydrogens is 326 g/mol. The predicted octanol–water partition coefficient (Wildman–Crippen LogP) is 2.38. The molecule has 0 unspecified atom stereocenters. The molecule has 2 rings (SSSR count). The number of benzene rings is 1. The molecule has 1 aliphatic carbocycles. The van der Waals surface area contributed by atoms with Crippen molar-refractivity contribution in [3.8, 4) is 5.75 Å². The molecule has 5 nitrogen and oxygen atoms in total. The minimum Gasteiger partial charge on any atom is -0.489 e. The number of likely N-dealkylation sites (N-methyl/N-ethyl adjacent to an activating group) is 1. The van der Waals surface area contributed by atoms with Gasteiger partial charge in [0.15, 0.2) is 17.5 Å². The lowest BCUT2D eigenvalue weighted by molar-refractivity contribution is 0.249. The van der Waals surface area contributed by atoms with E-state index in [1.807, 2.05) is 0 Å². The Labute approximate surface area is 148 Å². The van der Waals surface area contributed by atoms with Crippen molar-refractivity contribution >= 4 is 5.96 Å². The fraction of sp³-hybridized carbons (Fsp3) is 0.611. The summed E-state index contributed by atoms with van der Waals surface area (Å²) < 4.78 is 31.6. The number of nitrogens with zero attached hydrogens (tertiary/aromatic N) is 2. The summed E-state index contributed by atoms with van der Waals surface area (Å²) in [6.45, 7) is 2.49. The normalized spacial score (nSPS) is 15.6. The van der Waals surface area contributed by atoms with Gasteiger partial charge in [-0.1, -0.05) is 12.8 Å². The monoisotopic (exact) mass is 354 g/mol. The third-order valence-electron chi connectivity index (χ3n) is 4.47. The second-order valence-corrected chi connectivity index (χ2v) is 6.27. The average Bonchev–Trinajstić information content (AvgIpc) is 3.13. The van der Waals surface area contributed by atoms with Gasteiger partial charge in [-0.2, -0.15) is 0 Å². The molecule has 1 aliphatic rings. The molecule has 1 aromatic carbocycles. The van der Waals surface area contributed by atoms with Gasteiger partial charge in [-0.05, 0) is 32.0 Å². The lowest BCUT2D eigenvalue weighted by atomic mass is 10.2. The van der Waals surface area contributed by atoms with E-state index >= 15 is 0 Å². The van der Waals surface area contributed by atoms with Crippen LogP contribution >= 0.6 is 0 Å². The quantitative estimate of drug-likeness (QED) is 0.428. The van der Waals surface area contributed by atoms with E-state index in [0.717, 1.165) is 19.2 Å². The zero-order valence-electron chi connectivity index (χ0n) is 15.0. The summed E-state index contributed by atoms with van der Waals surface area (Å²) in [7, 11) is 3.87. The van der Waals surface area contributed by atoms with Gasteiger partial charge in [0.2, 0.25) is 0 Å². The second-order valence-electron chi connectivity index (χ2n) is 6.27. The Hall–Kier alpha value is -1.89. The molecule has 0 atom stereocenters. The van der Waals surface area contributed by atoms with E-state index < -0.39 is 11.6 Å². The molecule has 0 saturated heterocycles. The number of halogens is 2. The van der Waals surface area contributed by atoms with Crippen LogP contribution in [0.2, 0.25) is 0 Å². The summed E-state index contributed by atoms with van der Waals surface area (Å²) in [6.07, 6.45) is 5.25. The maximum Gasteiger partial charge on any atom is 0.191 e. The van der Waals surface area contributed by atoms with Crippen LogP contribution in [0.25, 0.3) is 0 Å². The van der Waals surface area contributed by atoms with Crippen LogP contribution in [0.3, 0.4) is 0 Å². The highest BCUT2D eigenvalue weighted by molar-refractivity contribution is 5.79. The molecule has 0 amide bonds. The van der Waals surface area contributed by atoms with E-state index in [2.05, 4.69) is 27.6 Å². The Morgan fingerprint density at radius 2 is 1.96 bits per heavy atom. The van der Waals surface area contributed by atoms with Gasteiger partial charge in [0, 0.05) is 32.2 Å². The van der Waals surface area contributed by atoms with E-state index in [1.165, 1.54) is 37.8 Å². The fourth-order valence-electron chi connectivity index (χ4n) is 3.02. The number of ether oxygens (including phenoxy) is 1. The highest BCUT2D eigenvalue weighted by Gasteiger charge is 2.18. The number of hydrogen-bond acceptors (Lipinski definition) is 3. The Kier molecular flexibility index (Phi) is 7.91. The topological polar surface area (TPSA) is 48.9 Å². The Balaban J connectivity index is 1.61. The van der Waals surface area contributed by atoms with Crippen LogP contribution in [0.5, 0.6) is 5.75 Å². The zero-order chi connectivity index (χ0) is 18.1. The Bertz CT molecular complexity index is 562. The van der Waals surface area contributed by atoms with Crippen LogP contribution < -0.4 is 15.4 Å². The van der Waals surface area contributed by atoms with Crippen molar-refractivity contribution in [1.29, 1.82) is 0 Å². The van der Waals surface area contributed by atoms with Gasteiger partial charge >= 0.3 is 0 Å². The first-order chi connectivity index (χ1) is 12.1. The fourth-order valence-corrected chi connectivity index (χ4v) is 3.02.